The average Bonchev–Trinajstić information content (AvgIpc) is 3.35. The molecule has 33 heavy (non-hydrogen) atoms. The van der Waals surface area contributed by atoms with Crippen molar-refractivity contribution in [2.75, 3.05) is 9.96 Å². The minimum absolute atomic E-state index is 0.288. The highest BCUT2D eigenvalue weighted by Gasteiger charge is 2.60. The van der Waals surface area contributed by atoms with Gasteiger partial charge in [-0.3, -0.25) is 14.4 Å². The van der Waals surface area contributed by atoms with Crippen LogP contribution in [-0.4, -0.2) is 17.9 Å². The van der Waals surface area contributed by atoms with Crippen LogP contribution in [0.3, 0.4) is 0 Å². The Labute approximate surface area is 195 Å². The first kappa shape index (κ1) is 20.0. The summed E-state index contributed by atoms with van der Waals surface area (Å²) in [6, 6.07) is 30.0. The number of fused-ring (bicyclic) bond motifs is 2. The number of amides is 2. The second-order valence-electron chi connectivity index (χ2n) is 8.22. The Morgan fingerprint density at radius 1 is 0.727 bits per heavy atom. The SMILES string of the molecule is O=C1C2ON(c3ccccc3)C(c3cccc4ccccc34)C2C(=O)N1c1cccc(Cl)c1. The predicted octanol–water partition coefficient (Wildman–Crippen LogP) is 5.54. The van der Waals surface area contributed by atoms with E-state index in [4.69, 9.17) is 16.4 Å². The van der Waals surface area contributed by atoms with Crippen LogP contribution >= 0.6 is 11.6 Å². The maximum absolute atomic E-state index is 13.8. The number of halogens is 1. The molecule has 6 heteroatoms. The second-order valence-corrected chi connectivity index (χ2v) is 8.65. The summed E-state index contributed by atoms with van der Waals surface area (Å²) >= 11 is 6.14. The molecule has 2 heterocycles. The summed E-state index contributed by atoms with van der Waals surface area (Å²) in [6.07, 6.45) is -0.916. The lowest BCUT2D eigenvalue weighted by molar-refractivity contribution is -0.126. The normalized spacial score (nSPS) is 22.3. The summed E-state index contributed by atoms with van der Waals surface area (Å²) in [6.45, 7) is 0. The standard InChI is InChI=1S/C27H19ClN2O3/c28-18-10-7-13-20(16-18)29-26(31)23-24(22-15-6-9-17-8-4-5-14-21(17)22)30(33-25(23)27(29)32)19-11-2-1-3-12-19/h1-16,23-25H. The Kier molecular flexibility index (Phi) is 4.68. The highest BCUT2D eigenvalue weighted by atomic mass is 35.5. The second kappa shape index (κ2) is 7.73. The minimum atomic E-state index is -0.916. The van der Waals surface area contributed by atoms with E-state index in [1.165, 1.54) is 4.90 Å². The van der Waals surface area contributed by atoms with Crippen molar-refractivity contribution in [3.63, 3.8) is 0 Å². The van der Waals surface area contributed by atoms with Gasteiger partial charge in [-0.2, -0.15) is 0 Å². The molecule has 2 amide bonds. The van der Waals surface area contributed by atoms with Crippen LogP contribution in [0.1, 0.15) is 11.6 Å². The molecular weight excluding hydrogens is 436 g/mol. The lowest BCUT2D eigenvalue weighted by Gasteiger charge is -2.29. The van der Waals surface area contributed by atoms with Gasteiger partial charge in [-0.1, -0.05) is 78.3 Å². The highest BCUT2D eigenvalue weighted by Crippen LogP contribution is 2.49. The van der Waals surface area contributed by atoms with E-state index in [0.29, 0.717) is 10.7 Å². The number of anilines is 2. The van der Waals surface area contributed by atoms with Gasteiger partial charge in [0.05, 0.1) is 17.4 Å². The third-order valence-electron chi connectivity index (χ3n) is 6.33. The zero-order valence-electron chi connectivity index (χ0n) is 17.5. The van der Waals surface area contributed by atoms with Crippen molar-refractivity contribution in [2.45, 2.75) is 12.1 Å². The number of para-hydroxylation sites is 1. The van der Waals surface area contributed by atoms with Crippen molar-refractivity contribution in [1.82, 2.24) is 0 Å². The fourth-order valence-electron chi connectivity index (χ4n) is 4.91. The van der Waals surface area contributed by atoms with Crippen molar-refractivity contribution in [3.8, 4) is 0 Å². The van der Waals surface area contributed by atoms with Crippen molar-refractivity contribution in [3.05, 3.63) is 108 Å². The maximum Gasteiger partial charge on any atom is 0.266 e. The smallest absolute Gasteiger partial charge is 0.266 e. The van der Waals surface area contributed by atoms with Crippen molar-refractivity contribution >= 4 is 45.6 Å². The van der Waals surface area contributed by atoms with Gasteiger partial charge in [-0.25, -0.2) is 9.96 Å². The fraction of sp³-hybridized carbons (Fsp3) is 0.111. The first-order chi connectivity index (χ1) is 16.1. The maximum atomic E-state index is 13.8. The third-order valence-corrected chi connectivity index (χ3v) is 6.57. The summed E-state index contributed by atoms with van der Waals surface area (Å²) in [5, 5.41) is 4.27. The van der Waals surface area contributed by atoms with E-state index in [0.717, 1.165) is 22.0 Å². The van der Waals surface area contributed by atoms with Crippen LogP contribution in [0.4, 0.5) is 11.4 Å². The molecule has 0 aliphatic carbocycles. The molecule has 3 atom stereocenters. The molecule has 6 rings (SSSR count). The van der Waals surface area contributed by atoms with Gasteiger partial charge in [0.15, 0.2) is 6.10 Å². The molecule has 0 spiro atoms. The van der Waals surface area contributed by atoms with E-state index in [-0.39, 0.29) is 11.8 Å². The van der Waals surface area contributed by atoms with Crippen LogP contribution in [0.2, 0.25) is 5.02 Å². The van der Waals surface area contributed by atoms with E-state index in [1.807, 2.05) is 72.8 Å². The molecule has 162 valence electrons. The zero-order chi connectivity index (χ0) is 22.5. The van der Waals surface area contributed by atoms with Crippen LogP contribution in [0.5, 0.6) is 0 Å². The van der Waals surface area contributed by atoms with Crippen molar-refractivity contribution in [2.24, 2.45) is 5.92 Å². The molecule has 2 fully saturated rings. The first-order valence-corrected chi connectivity index (χ1v) is 11.1. The number of benzene rings is 4. The van der Waals surface area contributed by atoms with Gasteiger partial charge in [0.25, 0.3) is 5.91 Å². The lowest BCUT2D eigenvalue weighted by Crippen LogP contribution is -2.37. The Morgan fingerprint density at radius 3 is 2.24 bits per heavy atom. The monoisotopic (exact) mass is 454 g/mol. The van der Waals surface area contributed by atoms with Crippen LogP contribution in [-0.2, 0) is 14.4 Å². The van der Waals surface area contributed by atoms with E-state index in [1.54, 1.807) is 29.3 Å². The van der Waals surface area contributed by atoms with Crippen LogP contribution < -0.4 is 9.96 Å². The predicted molar refractivity (Wildman–Crippen MR) is 128 cm³/mol. The Hall–Kier alpha value is -3.67. The van der Waals surface area contributed by atoms with Crippen LogP contribution in [0, 0.1) is 5.92 Å². The number of hydroxylamine groups is 1. The molecule has 2 saturated heterocycles. The summed E-state index contributed by atoms with van der Waals surface area (Å²) in [5.41, 5.74) is 2.19. The summed E-state index contributed by atoms with van der Waals surface area (Å²) < 4.78 is 0. The molecule has 4 aromatic carbocycles. The number of carbonyl (C=O) groups excluding carboxylic acids is 2. The summed E-state index contributed by atoms with van der Waals surface area (Å²) in [4.78, 5) is 34.6. The third kappa shape index (κ3) is 3.12. The van der Waals surface area contributed by atoms with Crippen LogP contribution in [0.25, 0.3) is 10.8 Å². The molecule has 4 aromatic rings. The molecule has 0 bridgehead atoms. The Balaban J connectivity index is 1.51. The highest BCUT2D eigenvalue weighted by molar-refractivity contribution is 6.31. The number of nitrogens with zero attached hydrogens (tertiary/aromatic N) is 2. The summed E-state index contributed by atoms with van der Waals surface area (Å²) in [5.74, 6) is -1.36. The Morgan fingerprint density at radius 2 is 1.42 bits per heavy atom. The van der Waals surface area contributed by atoms with Gasteiger partial charge in [-0.15, -0.1) is 0 Å². The number of hydrogen-bond acceptors (Lipinski definition) is 4. The fourth-order valence-corrected chi connectivity index (χ4v) is 5.09. The first-order valence-electron chi connectivity index (χ1n) is 10.8. The van der Waals surface area contributed by atoms with E-state index < -0.39 is 18.1 Å². The molecule has 0 saturated carbocycles. The molecule has 0 N–H and O–H groups in total. The molecule has 5 nitrogen and oxygen atoms in total. The van der Waals surface area contributed by atoms with Gasteiger partial charge >= 0.3 is 0 Å². The lowest BCUT2D eigenvalue weighted by atomic mass is 9.87. The molecule has 0 aromatic heterocycles. The molecular formula is C27H19ClN2O3. The van der Waals surface area contributed by atoms with Gasteiger partial charge in [0, 0.05) is 5.02 Å². The molecule has 2 aliphatic rings. The van der Waals surface area contributed by atoms with Gasteiger partial charge in [0.2, 0.25) is 5.91 Å². The average molecular weight is 455 g/mol. The van der Waals surface area contributed by atoms with Gasteiger partial charge in [-0.05, 0) is 46.7 Å². The van der Waals surface area contributed by atoms with E-state index >= 15 is 0 Å². The van der Waals surface area contributed by atoms with Crippen molar-refractivity contribution < 1.29 is 14.4 Å². The van der Waals surface area contributed by atoms with E-state index in [2.05, 4.69) is 0 Å². The quantitative estimate of drug-likeness (QED) is 0.381. The minimum Gasteiger partial charge on any atom is -0.273 e. The number of imide groups is 1. The summed E-state index contributed by atoms with van der Waals surface area (Å²) in [7, 11) is 0. The number of hydrogen-bond donors (Lipinski definition) is 0. The number of carbonyl (C=O) groups is 2. The van der Waals surface area contributed by atoms with Gasteiger partial charge < -0.3 is 0 Å². The molecule has 2 aliphatic heterocycles. The largest absolute Gasteiger partial charge is 0.273 e. The van der Waals surface area contributed by atoms with E-state index in [9.17, 15) is 9.59 Å². The molecule has 3 unspecified atom stereocenters. The topological polar surface area (TPSA) is 49.9 Å². The van der Waals surface area contributed by atoms with Crippen molar-refractivity contribution in [1.29, 1.82) is 0 Å². The zero-order valence-corrected chi connectivity index (χ0v) is 18.2. The number of rotatable bonds is 3. The molecule has 0 radical (unpaired) electrons. The Bertz CT molecular complexity index is 1390. The van der Waals surface area contributed by atoms with Gasteiger partial charge in [0.1, 0.15) is 5.92 Å². The van der Waals surface area contributed by atoms with Crippen LogP contribution in [0.15, 0.2) is 97.1 Å².